The summed E-state index contributed by atoms with van der Waals surface area (Å²) in [6.45, 7) is 5.08. The van der Waals surface area contributed by atoms with Crippen molar-refractivity contribution in [2.45, 2.75) is 39.7 Å². The maximum absolute atomic E-state index is 12.7. The zero-order valence-electron chi connectivity index (χ0n) is 18.7. The molecule has 0 N–H and O–H groups in total. The van der Waals surface area contributed by atoms with Crippen LogP contribution >= 0.6 is 11.6 Å². The van der Waals surface area contributed by atoms with Gasteiger partial charge in [0.2, 0.25) is 11.8 Å². The van der Waals surface area contributed by atoms with Crippen molar-refractivity contribution in [3.8, 4) is 23.1 Å². The first-order chi connectivity index (χ1) is 15.5. The number of amides is 1. The maximum Gasteiger partial charge on any atom is 0.227 e. The van der Waals surface area contributed by atoms with Gasteiger partial charge in [0.05, 0.1) is 30.6 Å². The summed E-state index contributed by atoms with van der Waals surface area (Å²) in [4.78, 5) is 14.6. The lowest BCUT2D eigenvalue weighted by atomic mass is 10.2. The minimum atomic E-state index is 0.141. The van der Waals surface area contributed by atoms with Crippen molar-refractivity contribution in [1.82, 2.24) is 14.7 Å². The standard InChI is InChI=1S/C25H28ClN3O3/c1-4-24(30)28(15-18-8-9-18)16-23-17(2)27-29(20-7-5-6-19(26)14-20)25(23)32-22-12-10-21(31-3)11-13-22/h5-7,10-14,18H,4,8-9,15-16H2,1-3H3. The monoisotopic (exact) mass is 453 g/mol. The lowest BCUT2D eigenvalue weighted by Gasteiger charge is -2.23. The van der Waals surface area contributed by atoms with Crippen LogP contribution in [-0.4, -0.2) is 34.2 Å². The van der Waals surface area contributed by atoms with Crippen molar-refractivity contribution in [2.24, 2.45) is 5.92 Å². The highest BCUT2D eigenvalue weighted by Crippen LogP contribution is 2.35. The van der Waals surface area contributed by atoms with Crippen LogP contribution in [0.5, 0.6) is 17.4 Å². The summed E-state index contributed by atoms with van der Waals surface area (Å²) in [5.74, 6) is 2.73. The molecule has 32 heavy (non-hydrogen) atoms. The van der Waals surface area contributed by atoms with Gasteiger partial charge in [0, 0.05) is 18.0 Å². The number of aromatic nitrogens is 2. The molecule has 1 aliphatic carbocycles. The highest BCUT2D eigenvalue weighted by Gasteiger charge is 2.29. The van der Waals surface area contributed by atoms with Gasteiger partial charge in [0.15, 0.2) is 0 Å². The molecule has 6 nitrogen and oxygen atoms in total. The molecule has 4 rings (SSSR count). The molecule has 1 aliphatic rings. The molecule has 1 heterocycles. The van der Waals surface area contributed by atoms with Gasteiger partial charge in [-0.15, -0.1) is 0 Å². The molecule has 2 aromatic carbocycles. The van der Waals surface area contributed by atoms with Gasteiger partial charge in [-0.3, -0.25) is 4.79 Å². The van der Waals surface area contributed by atoms with Crippen molar-refractivity contribution in [2.75, 3.05) is 13.7 Å². The highest BCUT2D eigenvalue weighted by atomic mass is 35.5. The second-order valence-electron chi connectivity index (χ2n) is 8.11. The molecule has 0 unspecified atom stereocenters. The van der Waals surface area contributed by atoms with Gasteiger partial charge in [-0.05, 0) is 68.1 Å². The zero-order valence-corrected chi connectivity index (χ0v) is 19.4. The molecule has 0 bridgehead atoms. The van der Waals surface area contributed by atoms with E-state index in [1.54, 1.807) is 11.8 Å². The number of halogens is 1. The minimum absolute atomic E-state index is 0.141. The van der Waals surface area contributed by atoms with Crippen molar-refractivity contribution in [3.63, 3.8) is 0 Å². The fraction of sp³-hybridized carbons (Fsp3) is 0.360. The van der Waals surface area contributed by atoms with Crippen molar-refractivity contribution in [3.05, 3.63) is 64.8 Å². The Morgan fingerprint density at radius 3 is 2.53 bits per heavy atom. The van der Waals surface area contributed by atoms with Crippen LogP contribution in [0.25, 0.3) is 5.69 Å². The maximum atomic E-state index is 12.7. The SMILES string of the molecule is CCC(=O)N(Cc1c(C)nn(-c2cccc(Cl)c2)c1Oc1ccc(OC)cc1)CC1CC1. The molecule has 0 radical (unpaired) electrons. The predicted octanol–water partition coefficient (Wildman–Crippen LogP) is 5.78. The van der Waals surface area contributed by atoms with Crippen LogP contribution in [0.1, 0.15) is 37.4 Å². The third-order valence-electron chi connectivity index (χ3n) is 5.64. The van der Waals surface area contributed by atoms with Crippen LogP contribution in [0.2, 0.25) is 5.02 Å². The van der Waals surface area contributed by atoms with Crippen LogP contribution in [-0.2, 0) is 11.3 Å². The summed E-state index contributed by atoms with van der Waals surface area (Å²) in [7, 11) is 1.63. The largest absolute Gasteiger partial charge is 0.497 e. The van der Waals surface area contributed by atoms with E-state index in [1.165, 1.54) is 12.8 Å². The quantitative estimate of drug-likeness (QED) is 0.412. The van der Waals surface area contributed by atoms with Gasteiger partial charge >= 0.3 is 0 Å². The molecule has 7 heteroatoms. The molecular weight excluding hydrogens is 426 g/mol. The van der Waals surface area contributed by atoms with Gasteiger partial charge < -0.3 is 14.4 Å². The molecule has 1 amide bonds. The average Bonchev–Trinajstić information content (AvgIpc) is 3.57. The fourth-order valence-electron chi connectivity index (χ4n) is 3.64. The number of hydrogen-bond donors (Lipinski definition) is 0. The Kier molecular flexibility index (Phi) is 6.70. The second-order valence-corrected chi connectivity index (χ2v) is 8.55. The Morgan fingerprint density at radius 1 is 1.19 bits per heavy atom. The van der Waals surface area contributed by atoms with Crippen LogP contribution in [0.15, 0.2) is 48.5 Å². The van der Waals surface area contributed by atoms with Gasteiger partial charge in [-0.2, -0.15) is 5.10 Å². The van der Waals surface area contributed by atoms with Crippen LogP contribution in [0, 0.1) is 12.8 Å². The third kappa shape index (κ3) is 5.07. The molecule has 0 saturated heterocycles. The predicted molar refractivity (Wildman–Crippen MR) is 125 cm³/mol. The van der Waals surface area contributed by atoms with Crippen LogP contribution in [0.4, 0.5) is 0 Å². The number of ether oxygens (including phenoxy) is 2. The van der Waals surface area contributed by atoms with Crippen molar-refractivity contribution >= 4 is 17.5 Å². The Bertz CT molecular complexity index is 1090. The van der Waals surface area contributed by atoms with E-state index in [9.17, 15) is 4.79 Å². The molecule has 1 saturated carbocycles. The summed E-state index contributed by atoms with van der Waals surface area (Å²) in [6.07, 6.45) is 2.84. The van der Waals surface area contributed by atoms with E-state index < -0.39 is 0 Å². The molecule has 0 aliphatic heterocycles. The normalized spacial score (nSPS) is 13.1. The Balaban J connectivity index is 1.74. The van der Waals surface area contributed by atoms with E-state index in [0.29, 0.717) is 35.5 Å². The summed E-state index contributed by atoms with van der Waals surface area (Å²) in [5, 5.41) is 5.37. The Morgan fingerprint density at radius 2 is 1.91 bits per heavy atom. The van der Waals surface area contributed by atoms with E-state index in [4.69, 9.17) is 26.2 Å². The third-order valence-corrected chi connectivity index (χ3v) is 5.88. The average molecular weight is 454 g/mol. The second kappa shape index (κ2) is 9.65. The van der Waals surface area contributed by atoms with E-state index >= 15 is 0 Å². The number of rotatable bonds is 9. The smallest absolute Gasteiger partial charge is 0.227 e. The zero-order chi connectivity index (χ0) is 22.7. The lowest BCUT2D eigenvalue weighted by molar-refractivity contribution is -0.131. The van der Waals surface area contributed by atoms with Crippen molar-refractivity contribution < 1.29 is 14.3 Å². The van der Waals surface area contributed by atoms with E-state index in [-0.39, 0.29) is 5.91 Å². The first-order valence-electron chi connectivity index (χ1n) is 10.9. The number of benzene rings is 2. The molecule has 0 spiro atoms. The summed E-state index contributed by atoms with van der Waals surface area (Å²) in [6, 6.07) is 14.9. The van der Waals surface area contributed by atoms with E-state index in [2.05, 4.69) is 0 Å². The molecule has 1 aromatic heterocycles. The topological polar surface area (TPSA) is 56.6 Å². The van der Waals surface area contributed by atoms with Gasteiger partial charge in [-0.1, -0.05) is 24.6 Å². The van der Waals surface area contributed by atoms with Gasteiger partial charge in [0.25, 0.3) is 0 Å². The summed E-state index contributed by atoms with van der Waals surface area (Å²) < 4.78 is 13.4. The van der Waals surface area contributed by atoms with Crippen LogP contribution < -0.4 is 9.47 Å². The van der Waals surface area contributed by atoms with E-state index in [0.717, 1.165) is 29.2 Å². The first kappa shape index (κ1) is 22.2. The Labute approximate surface area is 193 Å². The minimum Gasteiger partial charge on any atom is -0.497 e. The van der Waals surface area contributed by atoms with Crippen LogP contribution in [0.3, 0.4) is 0 Å². The lowest BCUT2D eigenvalue weighted by Crippen LogP contribution is -2.32. The van der Waals surface area contributed by atoms with Gasteiger partial charge in [0.1, 0.15) is 11.5 Å². The molecule has 1 fully saturated rings. The number of carbonyl (C=O) groups is 1. The molecular formula is C25H28ClN3O3. The number of carbonyl (C=O) groups excluding carboxylic acids is 1. The number of aryl methyl sites for hydroxylation is 1. The first-order valence-corrected chi connectivity index (χ1v) is 11.3. The molecule has 168 valence electrons. The summed E-state index contributed by atoms with van der Waals surface area (Å²) in [5.41, 5.74) is 2.51. The molecule has 0 atom stereocenters. The highest BCUT2D eigenvalue weighted by molar-refractivity contribution is 6.30. The number of nitrogens with zero attached hydrogens (tertiary/aromatic N) is 3. The van der Waals surface area contributed by atoms with E-state index in [1.807, 2.05) is 67.3 Å². The van der Waals surface area contributed by atoms with Gasteiger partial charge in [-0.25, -0.2) is 4.68 Å². The number of methoxy groups -OCH3 is 1. The fourth-order valence-corrected chi connectivity index (χ4v) is 3.83. The van der Waals surface area contributed by atoms with Crippen molar-refractivity contribution in [1.29, 1.82) is 0 Å². The Hall–Kier alpha value is -2.99. The summed E-state index contributed by atoms with van der Waals surface area (Å²) >= 11 is 6.25. The number of hydrogen-bond acceptors (Lipinski definition) is 4. The molecule has 3 aromatic rings.